The van der Waals surface area contributed by atoms with Crippen LogP contribution in [0.2, 0.25) is 0 Å². The zero-order chi connectivity index (χ0) is 12.7. The molecule has 2 heterocycles. The second kappa shape index (κ2) is 4.12. The summed E-state index contributed by atoms with van der Waals surface area (Å²) >= 11 is 0. The van der Waals surface area contributed by atoms with Gasteiger partial charge in [0.15, 0.2) is 0 Å². The lowest BCUT2D eigenvalue weighted by molar-refractivity contribution is -0.139. The number of hydrogen-bond donors (Lipinski definition) is 1. The Kier molecular flexibility index (Phi) is 2.58. The number of primary amides is 1. The lowest BCUT2D eigenvalue weighted by atomic mass is 9.97. The summed E-state index contributed by atoms with van der Waals surface area (Å²) in [6, 6.07) is 7.74. The number of carbonyl (C=O) groups excluding carboxylic acids is 2. The number of fused-ring (bicyclic) bond motifs is 3. The fourth-order valence-electron chi connectivity index (χ4n) is 3.20. The fraction of sp³-hybridized carbons (Fsp3) is 0.429. The van der Waals surface area contributed by atoms with Gasteiger partial charge in [-0.25, -0.2) is 0 Å². The van der Waals surface area contributed by atoms with E-state index < -0.39 is 6.04 Å². The van der Waals surface area contributed by atoms with Crippen LogP contribution in [0.25, 0.3) is 0 Å². The van der Waals surface area contributed by atoms with E-state index in [0.29, 0.717) is 12.8 Å². The first-order chi connectivity index (χ1) is 8.68. The zero-order valence-corrected chi connectivity index (χ0v) is 10.1. The number of benzene rings is 1. The number of rotatable bonds is 1. The van der Waals surface area contributed by atoms with Gasteiger partial charge in [-0.05, 0) is 30.4 Å². The van der Waals surface area contributed by atoms with E-state index in [4.69, 9.17) is 5.73 Å². The van der Waals surface area contributed by atoms with E-state index in [9.17, 15) is 9.59 Å². The van der Waals surface area contributed by atoms with Crippen molar-refractivity contribution < 1.29 is 9.59 Å². The Balaban J connectivity index is 2.05. The normalized spacial score (nSPS) is 26.4. The molecule has 2 N–H and O–H groups in total. The molecular weight excluding hydrogens is 228 g/mol. The summed E-state index contributed by atoms with van der Waals surface area (Å²) in [7, 11) is 0. The van der Waals surface area contributed by atoms with Crippen LogP contribution < -0.4 is 5.73 Å². The van der Waals surface area contributed by atoms with Crippen LogP contribution in [0.3, 0.4) is 0 Å². The number of carbonyl (C=O) groups is 2. The van der Waals surface area contributed by atoms with Crippen molar-refractivity contribution in [3.8, 4) is 0 Å². The van der Waals surface area contributed by atoms with Crippen LogP contribution in [0, 0.1) is 0 Å². The number of nitrogens with two attached hydrogens (primary N) is 1. The maximum atomic E-state index is 12.2. The molecule has 0 aliphatic carbocycles. The molecule has 0 radical (unpaired) electrons. The molecule has 0 bridgehead atoms. The van der Waals surface area contributed by atoms with Gasteiger partial charge in [0.1, 0.15) is 6.04 Å². The topological polar surface area (TPSA) is 63.4 Å². The molecular formula is C14H16N2O2. The summed E-state index contributed by atoms with van der Waals surface area (Å²) in [5.41, 5.74) is 7.82. The SMILES string of the molecule is NC(=O)C1CCC2c3ccccc3CCC(=O)N12. The van der Waals surface area contributed by atoms with Crippen molar-refractivity contribution >= 4 is 11.8 Å². The van der Waals surface area contributed by atoms with E-state index in [0.717, 1.165) is 12.8 Å². The van der Waals surface area contributed by atoms with Gasteiger partial charge in [0.2, 0.25) is 11.8 Å². The van der Waals surface area contributed by atoms with Crippen molar-refractivity contribution in [2.45, 2.75) is 37.8 Å². The summed E-state index contributed by atoms with van der Waals surface area (Å²) in [5.74, 6) is -0.331. The molecule has 2 atom stereocenters. The van der Waals surface area contributed by atoms with Crippen molar-refractivity contribution in [1.29, 1.82) is 0 Å². The third-order valence-electron chi connectivity index (χ3n) is 4.02. The lowest BCUT2D eigenvalue weighted by Crippen LogP contribution is -2.44. The van der Waals surface area contributed by atoms with E-state index in [2.05, 4.69) is 12.1 Å². The minimum Gasteiger partial charge on any atom is -0.368 e. The molecule has 1 aromatic carbocycles. The molecule has 1 fully saturated rings. The quantitative estimate of drug-likeness (QED) is 0.805. The largest absolute Gasteiger partial charge is 0.368 e. The minimum atomic E-state index is -0.423. The first kappa shape index (κ1) is 11.3. The van der Waals surface area contributed by atoms with E-state index >= 15 is 0 Å². The molecule has 2 aliphatic rings. The maximum absolute atomic E-state index is 12.2. The number of aryl methyl sites for hydroxylation is 1. The standard InChI is InChI=1S/C14H16N2O2/c15-14(18)12-7-6-11-10-4-2-1-3-9(10)5-8-13(17)16(11)12/h1-4,11-12H,5-8H2,(H2,15,18). The van der Waals surface area contributed by atoms with Crippen molar-refractivity contribution in [3.63, 3.8) is 0 Å². The summed E-state index contributed by atoms with van der Waals surface area (Å²) in [4.78, 5) is 25.4. The van der Waals surface area contributed by atoms with E-state index in [-0.39, 0.29) is 17.9 Å². The molecule has 1 aromatic rings. The summed E-state index contributed by atoms with van der Waals surface area (Å²) in [6.45, 7) is 0. The van der Waals surface area contributed by atoms with Gasteiger partial charge in [-0.2, -0.15) is 0 Å². The van der Waals surface area contributed by atoms with Crippen molar-refractivity contribution in [2.24, 2.45) is 5.73 Å². The molecule has 3 rings (SSSR count). The third kappa shape index (κ3) is 1.60. The molecule has 1 saturated heterocycles. The molecule has 4 heteroatoms. The monoisotopic (exact) mass is 244 g/mol. The molecule has 18 heavy (non-hydrogen) atoms. The van der Waals surface area contributed by atoms with Crippen LogP contribution in [0.5, 0.6) is 0 Å². The average molecular weight is 244 g/mol. The summed E-state index contributed by atoms with van der Waals surface area (Å²) < 4.78 is 0. The molecule has 2 unspecified atom stereocenters. The van der Waals surface area contributed by atoms with E-state index in [1.807, 2.05) is 12.1 Å². The number of hydrogen-bond acceptors (Lipinski definition) is 2. The average Bonchev–Trinajstić information content (AvgIpc) is 2.75. The van der Waals surface area contributed by atoms with Crippen molar-refractivity contribution in [1.82, 2.24) is 4.90 Å². The Morgan fingerprint density at radius 3 is 2.78 bits per heavy atom. The predicted octanol–water partition coefficient (Wildman–Crippen LogP) is 1.15. The highest BCUT2D eigenvalue weighted by atomic mass is 16.2. The van der Waals surface area contributed by atoms with Gasteiger partial charge in [0, 0.05) is 6.42 Å². The fourth-order valence-corrected chi connectivity index (χ4v) is 3.20. The molecule has 94 valence electrons. The maximum Gasteiger partial charge on any atom is 0.240 e. The Hall–Kier alpha value is -1.84. The van der Waals surface area contributed by atoms with Crippen molar-refractivity contribution in [3.05, 3.63) is 35.4 Å². The number of amides is 2. The minimum absolute atomic E-state index is 0.0358. The van der Waals surface area contributed by atoms with Gasteiger partial charge in [0.25, 0.3) is 0 Å². The van der Waals surface area contributed by atoms with Gasteiger partial charge >= 0.3 is 0 Å². The number of nitrogens with zero attached hydrogens (tertiary/aromatic N) is 1. The second-order valence-electron chi connectivity index (χ2n) is 5.01. The molecule has 2 aliphatic heterocycles. The lowest BCUT2D eigenvalue weighted by Gasteiger charge is -2.27. The zero-order valence-electron chi connectivity index (χ0n) is 10.1. The van der Waals surface area contributed by atoms with Gasteiger partial charge in [-0.15, -0.1) is 0 Å². The van der Waals surface area contributed by atoms with Crippen LogP contribution in [0.15, 0.2) is 24.3 Å². The highest BCUT2D eigenvalue weighted by Gasteiger charge is 2.42. The second-order valence-corrected chi connectivity index (χ2v) is 5.01. The predicted molar refractivity (Wildman–Crippen MR) is 66.6 cm³/mol. The van der Waals surface area contributed by atoms with Crippen LogP contribution in [0.1, 0.15) is 36.4 Å². The van der Waals surface area contributed by atoms with Crippen LogP contribution in [-0.2, 0) is 16.0 Å². The molecule has 0 saturated carbocycles. The highest BCUT2D eigenvalue weighted by Crippen LogP contribution is 2.40. The molecule has 2 amide bonds. The smallest absolute Gasteiger partial charge is 0.240 e. The Labute approximate surface area is 106 Å². The van der Waals surface area contributed by atoms with Crippen LogP contribution in [0.4, 0.5) is 0 Å². The van der Waals surface area contributed by atoms with Gasteiger partial charge in [0.05, 0.1) is 6.04 Å². The molecule has 0 aromatic heterocycles. The van der Waals surface area contributed by atoms with Crippen LogP contribution >= 0.6 is 0 Å². The highest BCUT2D eigenvalue weighted by molar-refractivity contribution is 5.88. The van der Waals surface area contributed by atoms with Crippen LogP contribution in [-0.4, -0.2) is 22.8 Å². The van der Waals surface area contributed by atoms with Gasteiger partial charge in [-0.3, -0.25) is 9.59 Å². The van der Waals surface area contributed by atoms with E-state index in [1.165, 1.54) is 11.1 Å². The Morgan fingerprint density at radius 1 is 1.22 bits per heavy atom. The first-order valence-electron chi connectivity index (χ1n) is 6.37. The molecule has 0 spiro atoms. The van der Waals surface area contributed by atoms with Gasteiger partial charge in [-0.1, -0.05) is 24.3 Å². The first-order valence-corrected chi connectivity index (χ1v) is 6.37. The summed E-state index contributed by atoms with van der Waals surface area (Å²) in [6.07, 6.45) is 2.74. The van der Waals surface area contributed by atoms with E-state index in [1.54, 1.807) is 4.90 Å². The summed E-state index contributed by atoms with van der Waals surface area (Å²) in [5, 5.41) is 0. The Morgan fingerprint density at radius 2 is 2.00 bits per heavy atom. The molecule has 4 nitrogen and oxygen atoms in total. The van der Waals surface area contributed by atoms with Crippen molar-refractivity contribution in [2.75, 3.05) is 0 Å². The third-order valence-corrected chi connectivity index (χ3v) is 4.02. The Bertz CT molecular complexity index is 512. The van der Waals surface area contributed by atoms with Gasteiger partial charge < -0.3 is 10.6 Å².